The van der Waals surface area contributed by atoms with Gasteiger partial charge in [-0.2, -0.15) is 0 Å². The van der Waals surface area contributed by atoms with Crippen LogP contribution in [0.1, 0.15) is 37.4 Å². The number of esters is 2. The third-order valence-corrected chi connectivity index (χ3v) is 4.03. The number of ether oxygens (including phenoxy) is 2. The van der Waals surface area contributed by atoms with E-state index in [9.17, 15) is 14.0 Å². The van der Waals surface area contributed by atoms with E-state index >= 15 is 0 Å². The minimum absolute atomic E-state index is 0.00119. The second-order valence-corrected chi connectivity index (χ2v) is 6.18. The smallest absolute Gasteiger partial charge is 0.338 e. The van der Waals surface area contributed by atoms with Gasteiger partial charge in [0.15, 0.2) is 0 Å². The highest BCUT2D eigenvalue weighted by Gasteiger charge is 2.10. The van der Waals surface area contributed by atoms with Gasteiger partial charge in [0.05, 0.1) is 11.1 Å². The average molecular weight is 378 g/mol. The summed E-state index contributed by atoms with van der Waals surface area (Å²) < 4.78 is 23.8. The lowest BCUT2D eigenvalue weighted by molar-refractivity contribution is 0.0471. The maximum Gasteiger partial charge on any atom is 0.338 e. The topological polar surface area (TPSA) is 52.6 Å². The number of rotatable bonds is 7. The maximum absolute atomic E-state index is 13.2. The molecule has 5 heteroatoms. The molecule has 0 spiro atoms. The van der Waals surface area contributed by atoms with Crippen LogP contribution in [0.25, 0.3) is 0 Å². The van der Waals surface area contributed by atoms with Crippen molar-refractivity contribution in [1.29, 1.82) is 0 Å². The lowest BCUT2D eigenvalue weighted by atomic mass is 10.1. The van der Waals surface area contributed by atoms with Crippen LogP contribution < -0.4 is 0 Å². The largest absolute Gasteiger partial charge is 0.457 e. The Labute approximate surface area is 162 Å². The van der Waals surface area contributed by atoms with Gasteiger partial charge in [0.2, 0.25) is 0 Å². The van der Waals surface area contributed by atoms with Crippen LogP contribution in [-0.4, -0.2) is 11.9 Å². The van der Waals surface area contributed by atoms with Crippen LogP contribution in [0, 0.1) is 0 Å². The van der Waals surface area contributed by atoms with Gasteiger partial charge in [0, 0.05) is 0 Å². The van der Waals surface area contributed by atoms with Crippen molar-refractivity contribution in [1.82, 2.24) is 0 Å². The Morgan fingerprint density at radius 1 is 0.643 bits per heavy atom. The zero-order chi connectivity index (χ0) is 19.8. The van der Waals surface area contributed by atoms with E-state index < -0.39 is 18.6 Å². The Bertz CT molecular complexity index is 866. The predicted molar refractivity (Wildman–Crippen MR) is 102 cm³/mol. The molecule has 3 aromatic carbocycles. The summed E-state index contributed by atoms with van der Waals surface area (Å²) in [5.41, 5.74) is 2.58. The molecule has 28 heavy (non-hydrogen) atoms. The number of halogens is 1. The zero-order valence-corrected chi connectivity index (χ0v) is 15.1. The van der Waals surface area contributed by atoms with Crippen molar-refractivity contribution in [2.45, 2.75) is 19.9 Å². The summed E-state index contributed by atoms with van der Waals surface area (Å²) in [6, 6.07) is 22.2. The lowest BCUT2D eigenvalue weighted by Gasteiger charge is -2.10. The Balaban J connectivity index is 1.64. The summed E-state index contributed by atoms with van der Waals surface area (Å²) in [6.45, 7) is -0.664. The van der Waals surface area contributed by atoms with Gasteiger partial charge in [-0.3, -0.25) is 0 Å². The molecule has 0 radical (unpaired) electrons. The fourth-order valence-corrected chi connectivity index (χ4v) is 2.70. The van der Waals surface area contributed by atoms with Crippen molar-refractivity contribution in [2.75, 3.05) is 0 Å². The Kier molecular flexibility index (Phi) is 6.52. The zero-order valence-electron chi connectivity index (χ0n) is 15.1. The Morgan fingerprint density at radius 2 is 1.04 bits per heavy atom. The molecule has 0 N–H and O–H groups in total. The molecular formula is C23H19FO4. The van der Waals surface area contributed by atoms with Gasteiger partial charge in [0.1, 0.15) is 19.9 Å². The number of alkyl halides is 1. The number of benzene rings is 3. The fourth-order valence-electron chi connectivity index (χ4n) is 2.70. The van der Waals surface area contributed by atoms with Crippen LogP contribution in [0.2, 0.25) is 0 Å². The summed E-state index contributed by atoms with van der Waals surface area (Å²) in [4.78, 5) is 24.1. The van der Waals surface area contributed by atoms with Crippen LogP contribution in [0.15, 0.2) is 78.9 Å². The summed E-state index contributed by atoms with van der Waals surface area (Å²) in [6.07, 6.45) is 0. The van der Waals surface area contributed by atoms with Gasteiger partial charge in [-0.15, -0.1) is 0 Å². The van der Waals surface area contributed by atoms with Gasteiger partial charge in [-0.25, -0.2) is 14.0 Å². The van der Waals surface area contributed by atoms with E-state index in [0.29, 0.717) is 27.8 Å². The van der Waals surface area contributed by atoms with E-state index in [1.807, 2.05) is 12.1 Å². The molecule has 0 unspecified atom stereocenters. The molecule has 3 rings (SSSR count). The normalized spacial score (nSPS) is 10.3. The quantitative estimate of drug-likeness (QED) is 0.551. The third kappa shape index (κ3) is 5.27. The van der Waals surface area contributed by atoms with E-state index in [2.05, 4.69) is 0 Å². The molecule has 142 valence electrons. The average Bonchev–Trinajstić information content (AvgIpc) is 2.76. The van der Waals surface area contributed by atoms with Gasteiger partial charge >= 0.3 is 11.9 Å². The summed E-state index contributed by atoms with van der Waals surface area (Å²) in [5, 5.41) is 0. The fraction of sp³-hybridized carbons (Fsp3) is 0.130. The highest BCUT2D eigenvalue weighted by Crippen LogP contribution is 2.16. The molecule has 0 aromatic heterocycles. The van der Waals surface area contributed by atoms with E-state index in [1.54, 1.807) is 66.7 Å². The van der Waals surface area contributed by atoms with Crippen LogP contribution in [0.5, 0.6) is 0 Å². The first-order chi connectivity index (χ1) is 13.7. The molecular weight excluding hydrogens is 359 g/mol. The number of hydrogen-bond donors (Lipinski definition) is 0. The van der Waals surface area contributed by atoms with Crippen molar-refractivity contribution in [2.24, 2.45) is 0 Å². The Morgan fingerprint density at radius 3 is 1.43 bits per heavy atom. The Hall–Kier alpha value is -3.47. The second-order valence-electron chi connectivity index (χ2n) is 6.18. The summed E-state index contributed by atoms with van der Waals surface area (Å²) >= 11 is 0. The molecule has 0 atom stereocenters. The molecule has 4 nitrogen and oxygen atoms in total. The monoisotopic (exact) mass is 378 g/mol. The van der Waals surface area contributed by atoms with Gasteiger partial charge < -0.3 is 9.47 Å². The van der Waals surface area contributed by atoms with E-state index in [0.717, 1.165) is 0 Å². The molecule has 0 fully saturated rings. The minimum Gasteiger partial charge on any atom is -0.457 e. The van der Waals surface area contributed by atoms with Crippen LogP contribution in [0.3, 0.4) is 0 Å². The molecule has 0 aliphatic rings. The molecule has 0 aliphatic carbocycles. The van der Waals surface area contributed by atoms with Crippen molar-refractivity contribution >= 4 is 11.9 Å². The molecule has 0 saturated carbocycles. The first-order valence-electron chi connectivity index (χ1n) is 8.78. The first-order valence-corrected chi connectivity index (χ1v) is 8.78. The standard InChI is InChI=1S/C23H19FO4/c24-14-17-11-18(15-27-22(25)20-7-3-1-4-8-20)13-19(12-17)16-28-23(26)21-9-5-2-6-10-21/h1-13H,14-16H2. The molecule has 0 amide bonds. The van der Waals surface area contributed by atoms with Crippen LogP contribution >= 0.6 is 0 Å². The van der Waals surface area contributed by atoms with Crippen molar-refractivity contribution in [3.63, 3.8) is 0 Å². The molecule has 3 aromatic rings. The number of hydrogen-bond acceptors (Lipinski definition) is 4. The maximum atomic E-state index is 13.2. The van der Waals surface area contributed by atoms with Crippen molar-refractivity contribution in [3.8, 4) is 0 Å². The van der Waals surface area contributed by atoms with Crippen molar-refractivity contribution < 1.29 is 23.5 Å². The predicted octanol–water partition coefficient (Wildman–Crippen LogP) is 4.87. The lowest BCUT2D eigenvalue weighted by Crippen LogP contribution is -2.07. The molecule has 0 saturated heterocycles. The van der Waals surface area contributed by atoms with E-state index in [-0.39, 0.29) is 13.2 Å². The first kappa shape index (κ1) is 19.3. The third-order valence-electron chi connectivity index (χ3n) is 4.03. The summed E-state index contributed by atoms with van der Waals surface area (Å²) in [7, 11) is 0. The number of carbonyl (C=O) groups excluding carboxylic acids is 2. The number of carbonyl (C=O) groups is 2. The van der Waals surface area contributed by atoms with Gasteiger partial charge in [0.25, 0.3) is 0 Å². The van der Waals surface area contributed by atoms with Gasteiger partial charge in [-0.1, -0.05) is 36.4 Å². The van der Waals surface area contributed by atoms with E-state index in [1.165, 1.54) is 0 Å². The highest BCUT2D eigenvalue weighted by atomic mass is 19.1. The van der Waals surface area contributed by atoms with Crippen LogP contribution in [0.4, 0.5) is 4.39 Å². The minimum atomic E-state index is -0.667. The SMILES string of the molecule is O=C(OCc1cc(CF)cc(COC(=O)c2ccccc2)c1)c1ccccc1. The molecule has 0 aliphatic heterocycles. The van der Waals surface area contributed by atoms with Gasteiger partial charge in [-0.05, 0) is 59.2 Å². The molecule has 0 heterocycles. The highest BCUT2D eigenvalue weighted by molar-refractivity contribution is 5.89. The van der Waals surface area contributed by atoms with E-state index in [4.69, 9.17) is 9.47 Å². The van der Waals surface area contributed by atoms with Crippen molar-refractivity contribution in [3.05, 3.63) is 107 Å². The second kappa shape index (κ2) is 9.46. The molecule has 0 bridgehead atoms. The summed E-state index contributed by atoms with van der Waals surface area (Å²) in [5.74, 6) is -0.911. The van der Waals surface area contributed by atoms with Crippen LogP contribution in [-0.2, 0) is 29.4 Å².